The first-order chi connectivity index (χ1) is 13.0. The Morgan fingerprint density at radius 3 is 2.74 bits per heavy atom. The molecule has 2 aliphatic rings. The first-order valence-corrected chi connectivity index (χ1v) is 9.18. The number of hydrogen-bond acceptors (Lipinski definition) is 6. The van der Waals surface area contributed by atoms with E-state index in [2.05, 4.69) is 0 Å². The van der Waals surface area contributed by atoms with Crippen LogP contribution < -0.4 is 0 Å². The summed E-state index contributed by atoms with van der Waals surface area (Å²) in [5.41, 5.74) is 2.47. The summed E-state index contributed by atoms with van der Waals surface area (Å²) in [5.74, 6) is -2.32. The molecule has 1 aromatic carbocycles. The molecule has 0 bridgehead atoms. The number of esters is 2. The van der Waals surface area contributed by atoms with Gasteiger partial charge in [0.1, 0.15) is 18.8 Å². The van der Waals surface area contributed by atoms with E-state index in [1.807, 2.05) is 24.0 Å². The molecule has 27 heavy (non-hydrogen) atoms. The van der Waals surface area contributed by atoms with E-state index >= 15 is 0 Å². The molecule has 1 aromatic rings. The standard InChI is InChI=1S/C20H22ClNO5/c1-4-27-20(24)16-12(2)22-9-10-26-11-15(22)18(19(23)25-3)17(16)13-7-5-6-8-14(13)21/h5-8,11,17-18H,4,9-10H2,1-3H3. The third-order valence-electron chi connectivity index (χ3n) is 4.90. The maximum atomic E-state index is 12.9. The van der Waals surface area contributed by atoms with E-state index < -0.39 is 23.8 Å². The Hall–Kier alpha value is -2.47. The smallest absolute Gasteiger partial charge is 0.336 e. The van der Waals surface area contributed by atoms with E-state index in [0.717, 1.165) is 5.70 Å². The second-order valence-corrected chi connectivity index (χ2v) is 6.69. The molecule has 0 saturated carbocycles. The van der Waals surface area contributed by atoms with Crippen LogP contribution in [0.2, 0.25) is 5.02 Å². The second-order valence-electron chi connectivity index (χ2n) is 6.28. The SMILES string of the molecule is CCOC(=O)C1=C(C)N2CCOC=C2C(C(=O)OC)C1c1ccccc1Cl. The molecular weight excluding hydrogens is 370 g/mol. The molecule has 6 nitrogen and oxygen atoms in total. The summed E-state index contributed by atoms with van der Waals surface area (Å²) in [6, 6.07) is 7.18. The average Bonchev–Trinajstić information content (AvgIpc) is 2.68. The number of hydrogen-bond donors (Lipinski definition) is 0. The Bertz CT molecular complexity index is 816. The summed E-state index contributed by atoms with van der Waals surface area (Å²) in [5, 5.41) is 0.469. The fraction of sp³-hybridized carbons (Fsp3) is 0.400. The highest BCUT2D eigenvalue weighted by molar-refractivity contribution is 6.31. The zero-order chi connectivity index (χ0) is 19.6. The molecule has 0 aromatic heterocycles. The van der Waals surface area contributed by atoms with E-state index in [1.54, 1.807) is 25.3 Å². The van der Waals surface area contributed by atoms with Crippen molar-refractivity contribution in [3.8, 4) is 0 Å². The van der Waals surface area contributed by atoms with Gasteiger partial charge in [-0.1, -0.05) is 29.8 Å². The van der Waals surface area contributed by atoms with Crippen LogP contribution in [0.3, 0.4) is 0 Å². The number of benzene rings is 1. The van der Waals surface area contributed by atoms with Gasteiger partial charge in [-0.25, -0.2) is 4.79 Å². The molecule has 2 unspecified atom stereocenters. The van der Waals surface area contributed by atoms with Crippen LogP contribution in [0.5, 0.6) is 0 Å². The van der Waals surface area contributed by atoms with Gasteiger partial charge in [-0.3, -0.25) is 4.79 Å². The summed E-state index contributed by atoms with van der Waals surface area (Å²) in [6.07, 6.45) is 1.57. The van der Waals surface area contributed by atoms with Gasteiger partial charge in [0.15, 0.2) is 0 Å². The van der Waals surface area contributed by atoms with Gasteiger partial charge in [0.25, 0.3) is 0 Å². The highest BCUT2D eigenvalue weighted by atomic mass is 35.5. The van der Waals surface area contributed by atoms with Gasteiger partial charge in [-0.05, 0) is 25.5 Å². The van der Waals surface area contributed by atoms with Gasteiger partial charge in [0.2, 0.25) is 0 Å². The maximum Gasteiger partial charge on any atom is 0.336 e. The first-order valence-electron chi connectivity index (χ1n) is 8.80. The predicted molar refractivity (Wildman–Crippen MR) is 99.8 cm³/mol. The van der Waals surface area contributed by atoms with Crippen molar-refractivity contribution >= 4 is 23.5 Å². The second kappa shape index (κ2) is 8.05. The molecule has 0 amide bonds. The van der Waals surface area contributed by atoms with Crippen LogP contribution in [0.15, 0.2) is 47.5 Å². The third-order valence-corrected chi connectivity index (χ3v) is 5.24. The molecular formula is C20H22ClNO5. The molecule has 0 spiro atoms. The number of carbonyl (C=O) groups excluding carboxylic acids is 2. The number of methoxy groups -OCH3 is 1. The summed E-state index contributed by atoms with van der Waals surface area (Å²) >= 11 is 6.45. The number of allylic oxidation sites excluding steroid dienone is 1. The Morgan fingerprint density at radius 1 is 1.33 bits per heavy atom. The quantitative estimate of drug-likeness (QED) is 0.734. The molecule has 2 atom stereocenters. The molecule has 0 fully saturated rings. The molecule has 0 radical (unpaired) electrons. The van der Waals surface area contributed by atoms with Crippen LogP contribution >= 0.6 is 11.6 Å². The van der Waals surface area contributed by atoms with Gasteiger partial charge in [0.05, 0.1) is 31.5 Å². The molecule has 3 rings (SSSR count). The largest absolute Gasteiger partial charge is 0.497 e. The summed E-state index contributed by atoms with van der Waals surface area (Å²) in [7, 11) is 1.33. The predicted octanol–water partition coefficient (Wildman–Crippen LogP) is 3.24. The lowest BCUT2D eigenvalue weighted by Crippen LogP contribution is -2.44. The highest BCUT2D eigenvalue weighted by Gasteiger charge is 2.47. The number of halogens is 1. The third kappa shape index (κ3) is 3.41. The Balaban J connectivity index is 2.27. The zero-order valence-corrected chi connectivity index (χ0v) is 16.3. The van der Waals surface area contributed by atoms with E-state index in [9.17, 15) is 9.59 Å². The van der Waals surface area contributed by atoms with Crippen LogP contribution in [0.1, 0.15) is 25.3 Å². The van der Waals surface area contributed by atoms with Gasteiger partial charge in [-0.15, -0.1) is 0 Å². The summed E-state index contributed by atoms with van der Waals surface area (Å²) < 4.78 is 15.9. The van der Waals surface area contributed by atoms with E-state index in [1.165, 1.54) is 7.11 Å². The van der Waals surface area contributed by atoms with E-state index in [4.69, 9.17) is 25.8 Å². The minimum absolute atomic E-state index is 0.236. The van der Waals surface area contributed by atoms with Gasteiger partial charge >= 0.3 is 11.9 Å². The van der Waals surface area contributed by atoms with Crippen molar-refractivity contribution in [1.29, 1.82) is 0 Å². The normalized spacial score (nSPS) is 21.8. The minimum Gasteiger partial charge on any atom is -0.497 e. The Labute approximate surface area is 163 Å². The Morgan fingerprint density at radius 2 is 2.07 bits per heavy atom. The van der Waals surface area contributed by atoms with Crippen LogP contribution in [-0.4, -0.2) is 43.7 Å². The first kappa shape index (κ1) is 19.3. The van der Waals surface area contributed by atoms with Gasteiger partial charge in [-0.2, -0.15) is 0 Å². The van der Waals surface area contributed by atoms with Crippen LogP contribution in [0, 0.1) is 5.92 Å². The summed E-state index contributed by atoms with van der Waals surface area (Å²) in [4.78, 5) is 27.6. The monoisotopic (exact) mass is 391 g/mol. The topological polar surface area (TPSA) is 65.1 Å². The molecule has 0 aliphatic carbocycles. The lowest BCUT2D eigenvalue weighted by molar-refractivity contribution is -0.146. The fourth-order valence-corrected chi connectivity index (χ4v) is 3.97. The Kier molecular flexibility index (Phi) is 5.75. The van der Waals surface area contributed by atoms with E-state index in [-0.39, 0.29) is 6.61 Å². The minimum atomic E-state index is -0.765. The number of carbonyl (C=O) groups is 2. The maximum absolute atomic E-state index is 12.9. The number of fused-ring (bicyclic) bond motifs is 1. The number of nitrogens with zero attached hydrogens (tertiary/aromatic N) is 1. The van der Waals surface area contributed by atoms with Crippen molar-refractivity contribution in [1.82, 2.24) is 4.90 Å². The van der Waals surface area contributed by atoms with Crippen molar-refractivity contribution in [3.63, 3.8) is 0 Å². The van der Waals surface area contributed by atoms with Crippen molar-refractivity contribution in [2.24, 2.45) is 5.92 Å². The van der Waals surface area contributed by atoms with Crippen molar-refractivity contribution in [3.05, 3.63) is 58.1 Å². The summed E-state index contributed by atoms with van der Waals surface area (Å²) in [6.45, 7) is 4.83. The zero-order valence-electron chi connectivity index (χ0n) is 15.5. The lowest BCUT2D eigenvalue weighted by Gasteiger charge is -2.43. The van der Waals surface area contributed by atoms with Crippen molar-refractivity contribution < 1.29 is 23.8 Å². The molecule has 144 valence electrons. The lowest BCUT2D eigenvalue weighted by atomic mass is 9.74. The van der Waals surface area contributed by atoms with Gasteiger partial charge in [0, 0.05) is 16.6 Å². The van der Waals surface area contributed by atoms with Crippen LogP contribution in [0.25, 0.3) is 0 Å². The number of ether oxygens (including phenoxy) is 3. The number of rotatable bonds is 4. The molecule has 0 saturated heterocycles. The molecule has 2 aliphatic heterocycles. The average molecular weight is 392 g/mol. The van der Waals surface area contributed by atoms with Crippen molar-refractivity contribution in [2.45, 2.75) is 19.8 Å². The highest BCUT2D eigenvalue weighted by Crippen LogP contribution is 2.47. The molecule has 0 N–H and O–H groups in total. The van der Waals surface area contributed by atoms with E-state index in [0.29, 0.717) is 35.0 Å². The van der Waals surface area contributed by atoms with Gasteiger partial charge < -0.3 is 19.1 Å². The molecule has 7 heteroatoms. The fourth-order valence-electron chi connectivity index (χ4n) is 3.72. The van der Waals surface area contributed by atoms with Crippen LogP contribution in [0.4, 0.5) is 0 Å². The molecule has 2 heterocycles. The van der Waals surface area contributed by atoms with Crippen molar-refractivity contribution in [2.75, 3.05) is 26.9 Å². The van der Waals surface area contributed by atoms with Crippen LogP contribution in [-0.2, 0) is 23.8 Å².